The van der Waals surface area contributed by atoms with Crippen LogP contribution in [0.2, 0.25) is 0 Å². The second-order valence-electron chi connectivity index (χ2n) is 3.82. The van der Waals surface area contributed by atoms with Crippen molar-refractivity contribution < 1.29 is 17.7 Å². The molecule has 3 aromatic rings. The molecule has 0 spiro atoms. The third-order valence-electron chi connectivity index (χ3n) is 2.66. The minimum Gasteiger partial charge on any atom is -0.360 e. The number of H-pyrrole nitrogens is 1. The summed E-state index contributed by atoms with van der Waals surface area (Å²) in [6.07, 6.45) is -2.89. The first-order valence-corrected chi connectivity index (χ1v) is 5.16. The van der Waals surface area contributed by atoms with E-state index in [1.807, 2.05) is 12.1 Å². The summed E-state index contributed by atoms with van der Waals surface area (Å²) in [5, 5.41) is 3.83. The lowest BCUT2D eigenvalue weighted by atomic mass is 10.1. The van der Waals surface area contributed by atoms with Crippen molar-refractivity contribution in [1.82, 2.24) is 10.1 Å². The Labute approximate surface area is 99.2 Å². The molecule has 0 radical (unpaired) electrons. The van der Waals surface area contributed by atoms with Crippen molar-refractivity contribution in [3.05, 3.63) is 42.2 Å². The van der Waals surface area contributed by atoms with Gasteiger partial charge in [-0.15, -0.1) is 0 Å². The number of hydrogen-bond donors (Lipinski definition) is 1. The molecule has 1 N–H and O–H groups in total. The van der Waals surface area contributed by atoms with Crippen LogP contribution in [0, 0.1) is 0 Å². The highest BCUT2D eigenvalue weighted by molar-refractivity contribution is 5.94. The topological polar surface area (TPSA) is 41.8 Å². The van der Waals surface area contributed by atoms with Gasteiger partial charge < -0.3 is 9.51 Å². The van der Waals surface area contributed by atoms with Crippen LogP contribution in [-0.4, -0.2) is 10.1 Å². The van der Waals surface area contributed by atoms with Gasteiger partial charge in [-0.25, -0.2) is 0 Å². The molecular weight excluding hydrogens is 245 g/mol. The van der Waals surface area contributed by atoms with Gasteiger partial charge in [-0.3, -0.25) is 0 Å². The first-order valence-electron chi connectivity index (χ1n) is 5.16. The minimum absolute atomic E-state index is 0.0970. The molecule has 0 unspecified atom stereocenters. The van der Waals surface area contributed by atoms with Gasteiger partial charge in [-0.05, 0) is 6.07 Å². The van der Waals surface area contributed by atoms with Crippen molar-refractivity contribution >= 4 is 10.9 Å². The molecule has 0 aliphatic rings. The number of para-hydroxylation sites is 1. The quantitative estimate of drug-likeness (QED) is 0.714. The van der Waals surface area contributed by atoms with Crippen molar-refractivity contribution in [2.24, 2.45) is 0 Å². The molecule has 0 fully saturated rings. The normalized spacial score (nSPS) is 12.2. The minimum atomic E-state index is -4.49. The first-order chi connectivity index (χ1) is 8.55. The Morgan fingerprint density at radius 1 is 1.17 bits per heavy atom. The zero-order chi connectivity index (χ0) is 12.8. The van der Waals surface area contributed by atoms with Gasteiger partial charge in [0.05, 0.1) is 0 Å². The lowest BCUT2D eigenvalue weighted by Gasteiger charge is -1.97. The second kappa shape index (κ2) is 3.63. The van der Waals surface area contributed by atoms with Crippen molar-refractivity contribution in [1.29, 1.82) is 0 Å². The number of aromatic amines is 1. The van der Waals surface area contributed by atoms with E-state index in [1.165, 1.54) is 0 Å². The highest BCUT2D eigenvalue weighted by atomic mass is 19.4. The number of nitrogens with zero attached hydrogens (tertiary/aromatic N) is 1. The number of hydrogen-bond acceptors (Lipinski definition) is 2. The van der Waals surface area contributed by atoms with E-state index in [-0.39, 0.29) is 5.76 Å². The molecule has 3 rings (SSSR count). The molecule has 3 nitrogen and oxygen atoms in total. The zero-order valence-corrected chi connectivity index (χ0v) is 8.95. The summed E-state index contributed by atoms with van der Waals surface area (Å²) in [6, 6.07) is 8.18. The maximum absolute atomic E-state index is 12.4. The van der Waals surface area contributed by atoms with Crippen molar-refractivity contribution in [3.8, 4) is 11.3 Å². The third kappa shape index (κ3) is 1.66. The van der Waals surface area contributed by atoms with Crippen LogP contribution in [0.15, 0.2) is 41.1 Å². The van der Waals surface area contributed by atoms with Gasteiger partial charge >= 0.3 is 6.18 Å². The predicted molar refractivity (Wildman–Crippen MR) is 58.8 cm³/mol. The molecule has 0 aliphatic carbocycles. The maximum Gasteiger partial charge on any atom is 0.436 e. The molecule has 0 bridgehead atoms. The van der Waals surface area contributed by atoms with E-state index >= 15 is 0 Å². The van der Waals surface area contributed by atoms with E-state index in [2.05, 4.69) is 10.1 Å². The van der Waals surface area contributed by atoms with Crippen LogP contribution in [0.5, 0.6) is 0 Å². The van der Waals surface area contributed by atoms with Gasteiger partial charge in [0, 0.05) is 28.7 Å². The average Bonchev–Trinajstić information content (AvgIpc) is 2.94. The van der Waals surface area contributed by atoms with Gasteiger partial charge in [-0.2, -0.15) is 13.2 Å². The van der Waals surface area contributed by atoms with E-state index in [0.717, 1.165) is 17.0 Å². The van der Waals surface area contributed by atoms with E-state index in [9.17, 15) is 13.2 Å². The van der Waals surface area contributed by atoms with Crippen molar-refractivity contribution in [2.75, 3.05) is 0 Å². The highest BCUT2D eigenvalue weighted by Gasteiger charge is 2.35. The summed E-state index contributed by atoms with van der Waals surface area (Å²) in [5.74, 6) is 0.0970. The molecule has 92 valence electrons. The van der Waals surface area contributed by atoms with Crippen LogP contribution in [0.3, 0.4) is 0 Å². The lowest BCUT2D eigenvalue weighted by molar-refractivity contribution is -0.142. The molecule has 18 heavy (non-hydrogen) atoms. The lowest BCUT2D eigenvalue weighted by Crippen LogP contribution is -2.04. The van der Waals surface area contributed by atoms with Crippen molar-refractivity contribution in [3.63, 3.8) is 0 Å². The fraction of sp³-hybridized carbons (Fsp3) is 0.0833. The summed E-state index contributed by atoms with van der Waals surface area (Å²) >= 11 is 0. The summed E-state index contributed by atoms with van der Waals surface area (Å²) in [5.41, 5.74) is 0.369. The Hall–Kier alpha value is -2.24. The van der Waals surface area contributed by atoms with Gasteiger partial charge in [0.15, 0.2) is 11.5 Å². The Bertz CT molecular complexity index is 696. The van der Waals surface area contributed by atoms with E-state index in [4.69, 9.17) is 4.52 Å². The summed E-state index contributed by atoms with van der Waals surface area (Å²) < 4.78 is 42.0. The van der Waals surface area contributed by atoms with Crippen molar-refractivity contribution in [2.45, 2.75) is 6.18 Å². The smallest absolute Gasteiger partial charge is 0.360 e. The number of benzene rings is 1. The number of rotatable bonds is 1. The molecule has 0 amide bonds. The largest absolute Gasteiger partial charge is 0.436 e. The van der Waals surface area contributed by atoms with Crippen LogP contribution in [-0.2, 0) is 6.18 Å². The number of nitrogens with one attached hydrogen (secondary N) is 1. The number of halogens is 3. The van der Waals surface area contributed by atoms with Gasteiger partial charge in [0.25, 0.3) is 0 Å². The number of aromatic nitrogens is 2. The van der Waals surface area contributed by atoms with Crippen LogP contribution in [0.25, 0.3) is 22.2 Å². The van der Waals surface area contributed by atoms with Crippen LogP contribution >= 0.6 is 0 Å². The third-order valence-corrected chi connectivity index (χ3v) is 2.66. The Morgan fingerprint density at radius 2 is 1.94 bits per heavy atom. The predicted octanol–water partition coefficient (Wildman–Crippen LogP) is 3.84. The molecule has 0 saturated heterocycles. The van der Waals surface area contributed by atoms with Crippen LogP contribution < -0.4 is 0 Å². The Balaban J connectivity index is 2.13. The fourth-order valence-electron chi connectivity index (χ4n) is 1.81. The Kier molecular flexibility index (Phi) is 2.19. The summed E-state index contributed by atoms with van der Waals surface area (Å²) in [6.45, 7) is 0. The van der Waals surface area contributed by atoms with Crippen LogP contribution in [0.4, 0.5) is 13.2 Å². The Morgan fingerprint density at radius 3 is 2.67 bits per heavy atom. The zero-order valence-electron chi connectivity index (χ0n) is 8.95. The standard InChI is InChI=1S/C12H7F3N2O/c13-12(14,15)11-5-10(18-17-11)8-6-16-9-4-2-1-3-7(8)9/h1-6,16H. The summed E-state index contributed by atoms with van der Waals surface area (Å²) in [4.78, 5) is 2.97. The average molecular weight is 252 g/mol. The monoisotopic (exact) mass is 252 g/mol. The number of fused-ring (bicyclic) bond motifs is 1. The molecule has 2 heterocycles. The van der Waals surface area contributed by atoms with Crippen LogP contribution in [0.1, 0.15) is 5.69 Å². The highest BCUT2D eigenvalue weighted by Crippen LogP contribution is 2.34. The molecule has 2 aromatic heterocycles. The fourth-order valence-corrected chi connectivity index (χ4v) is 1.81. The summed E-state index contributed by atoms with van der Waals surface area (Å²) in [7, 11) is 0. The number of alkyl halides is 3. The maximum atomic E-state index is 12.4. The van der Waals surface area contributed by atoms with Gasteiger partial charge in [-0.1, -0.05) is 23.4 Å². The SMILES string of the molecule is FC(F)(F)c1cc(-c2c[nH]c3ccccc23)on1. The molecule has 0 atom stereocenters. The second-order valence-corrected chi connectivity index (χ2v) is 3.82. The van der Waals surface area contributed by atoms with Gasteiger partial charge in [0.2, 0.25) is 0 Å². The first kappa shape index (κ1) is 10.9. The van der Waals surface area contributed by atoms with E-state index in [0.29, 0.717) is 5.56 Å². The molecule has 6 heteroatoms. The molecule has 0 aliphatic heterocycles. The molecular formula is C12H7F3N2O. The van der Waals surface area contributed by atoms with E-state index in [1.54, 1.807) is 18.3 Å². The van der Waals surface area contributed by atoms with E-state index < -0.39 is 11.9 Å². The molecule has 1 aromatic carbocycles. The molecule has 0 saturated carbocycles. The van der Waals surface area contributed by atoms with Gasteiger partial charge in [0.1, 0.15) is 0 Å².